The quantitative estimate of drug-likeness (QED) is 0.647. The molecule has 0 radical (unpaired) electrons. The van der Waals surface area contributed by atoms with Gasteiger partial charge < -0.3 is 5.32 Å². The molecule has 104 valence electrons. The van der Waals surface area contributed by atoms with E-state index in [2.05, 4.69) is 17.2 Å². The molecule has 0 saturated heterocycles. The summed E-state index contributed by atoms with van der Waals surface area (Å²) in [6, 6.07) is 12.6. The van der Waals surface area contributed by atoms with Gasteiger partial charge in [0.2, 0.25) is 0 Å². The minimum Gasteiger partial charge on any atom is -0.304 e. The molecule has 5 nitrogen and oxygen atoms in total. The van der Waals surface area contributed by atoms with Crippen molar-refractivity contribution in [2.24, 2.45) is 0 Å². The van der Waals surface area contributed by atoms with E-state index >= 15 is 0 Å². The molecule has 0 aliphatic rings. The van der Waals surface area contributed by atoms with Gasteiger partial charge in [0, 0.05) is 30.9 Å². The molecule has 0 aliphatic heterocycles. The second-order valence-electron chi connectivity index (χ2n) is 4.51. The van der Waals surface area contributed by atoms with E-state index in [0.29, 0.717) is 6.54 Å². The van der Waals surface area contributed by atoms with Crippen LogP contribution < -0.4 is 5.32 Å². The SMILES string of the molecule is CCC(NCc1ccccn1)c1cccc([N+](=O)[O-])c1. The molecule has 1 N–H and O–H groups in total. The number of non-ortho nitro benzene ring substituents is 1. The largest absolute Gasteiger partial charge is 0.304 e. The van der Waals surface area contributed by atoms with E-state index in [-0.39, 0.29) is 16.7 Å². The average Bonchev–Trinajstić information content (AvgIpc) is 2.49. The molecule has 0 bridgehead atoms. The minimum atomic E-state index is -0.366. The van der Waals surface area contributed by atoms with Crippen LogP contribution in [0.25, 0.3) is 0 Å². The zero-order chi connectivity index (χ0) is 14.4. The van der Waals surface area contributed by atoms with Crippen LogP contribution in [0.3, 0.4) is 0 Å². The summed E-state index contributed by atoms with van der Waals surface area (Å²) in [6.45, 7) is 2.69. The zero-order valence-corrected chi connectivity index (χ0v) is 11.3. The molecule has 20 heavy (non-hydrogen) atoms. The molecule has 5 heteroatoms. The maximum Gasteiger partial charge on any atom is 0.269 e. The highest BCUT2D eigenvalue weighted by Gasteiger charge is 2.13. The Morgan fingerprint density at radius 3 is 2.80 bits per heavy atom. The molecule has 2 aromatic rings. The number of nitro groups is 1. The van der Waals surface area contributed by atoms with Crippen LogP contribution in [0.15, 0.2) is 48.7 Å². The van der Waals surface area contributed by atoms with Crippen molar-refractivity contribution in [1.82, 2.24) is 10.3 Å². The Kier molecular flexibility index (Phi) is 4.79. The molecule has 1 unspecified atom stereocenters. The van der Waals surface area contributed by atoms with Crippen molar-refractivity contribution in [1.29, 1.82) is 0 Å². The molecule has 2 rings (SSSR count). The molecule has 0 saturated carbocycles. The van der Waals surface area contributed by atoms with E-state index in [1.54, 1.807) is 18.3 Å². The van der Waals surface area contributed by atoms with Gasteiger partial charge in [0.25, 0.3) is 5.69 Å². The van der Waals surface area contributed by atoms with E-state index < -0.39 is 0 Å². The van der Waals surface area contributed by atoms with Gasteiger partial charge in [-0.15, -0.1) is 0 Å². The van der Waals surface area contributed by atoms with Gasteiger partial charge in [-0.2, -0.15) is 0 Å². The Labute approximate surface area is 117 Å². The van der Waals surface area contributed by atoms with E-state index in [1.807, 2.05) is 24.3 Å². The van der Waals surface area contributed by atoms with E-state index in [0.717, 1.165) is 17.7 Å². The lowest BCUT2D eigenvalue weighted by Gasteiger charge is -2.17. The Morgan fingerprint density at radius 1 is 1.30 bits per heavy atom. The molecule has 1 heterocycles. The van der Waals surface area contributed by atoms with Crippen molar-refractivity contribution in [3.8, 4) is 0 Å². The number of hydrogen-bond donors (Lipinski definition) is 1. The van der Waals surface area contributed by atoms with Crippen molar-refractivity contribution >= 4 is 5.69 Å². The van der Waals surface area contributed by atoms with Gasteiger partial charge in [-0.1, -0.05) is 25.1 Å². The summed E-state index contributed by atoms with van der Waals surface area (Å²) in [7, 11) is 0. The predicted octanol–water partition coefficient (Wildman–Crippen LogP) is 3.23. The van der Waals surface area contributed by atoms with E-state index in [4.69, 9.17) is 0 Å². The smallest absolute Gasteiger partial charge is 0.269 e. The summed E-state index contributed by atoms with van der Waals surface area (Å²) in [5.74, 6) is 0. The first-order chi connectivity index (χ1) is 9.70. The highest BCUT2D eigenvalue weighted by molar-refractivity contribution is 5.35. The van der Waals surface area contributed by atoms with Gasteiger partial charge in [0.1, 0.15) is 0 Å². The molecule has 1 atom stereocenters. The van der Waals surface area contributed by atoms with E-state index in [1.165, 1.54) is 6.07 Å². The molecule has 0 spiro atoms. The Bertz CT molecular complexity index is 572. The van der Waals surface area contributed by atoms with Crippen molar-refractivity contribution < 1.29 is 4.92 Å². The molecule has 0 fully saturated rings. The normalized spacial score (nSPS) is 12.1. The topological polar surface area (TPSA) is 68.1 Å². The fourth-order valence-corrected chi connectivity index (χ4v) is 2.08. The number of nitro benzene ring substituents is 1. The second-order valence-corrected chi connectivity index (χ2v) is 4.51. The van der Waals surface area contributed by atoms with Crippen LogP contribution in [0.4, 0.5) is 5.69 Å². The van der Waals surface area contributed by atoms with Gasteiger partial charge in [-0.05, 0) is 24.1 Å². The second kappa shape index (κ2) is 6.77. The molecule has 1 aromatic carbocycles. The summed E-state index contributed by atoms with van der Waals surface area (Å²) in [5, 5.41) is 14.2. The van der Waals surface area contributed by atoms with Crippen LogP contribution >= 0.6 is 0 Å². The third-order valence-corrected chi connectivity index (χ3v) is 3.15. The van der Waals surface area contributed by atoms with Crippen molar-refractivity contribution in [3.05, 3.63) is 70.0 Å². The van der Waals surface area contributed by atoms with Gasteiger partial charge >= 0.3 is 0 Å². The third-order valence-electron chi connectivity index (χ3n) is 3.15. The first kappa shape index (κ1) is 14.1. The van der Waals surface area contributed by atoms with Crippen LogP contribution in [0.2, 0.25) is 0 Å². The number of nitrogens with one attached hydrogen (secondary N) is 1. The summed E-state index contributed by atoms with van der Waals surface area (Å²) >= 11 is 0. The van der Waals surface area contributed by atoms with Gasteiger partial charge in [-0.3, -0.25) is 15.1 Å². The maximum absolute atomic E-state index is 10.8. The Balaban J connectivity index is 2.08. The van der Waals surface area contributed by atoms with Crippen LogP contribution in [0, 0.1) is 10.1 Å². The summed E-state index contributed by atoms with van der Waals surface area (Å²) in [4.78, 5) is 14.7. The molecule has 1 aromatic heterocycles. The fraction of sp³-hybridized carbons (Fsp3) is 0.267. The number of aromatic nitrogens is 1. The summed E-state index contributed by atoms with van der Waals surface area (Å²) in [5.41, 5.74) is 2.01. The van der Waals surface area contributed by atoms with Crippen LogP contribution in [-0.4, -0.2) is 9.91 Å². The average molecular weight is 271 g/mol. The first-order valence-electron chi connectivity index (χ1n) is 6.58. The van der Waals surface area contributed by atoms with Crippen molar-refractivity contribution in [2.75, 3.05) is 0 Å². The van der Waals surface area contributed by atoms with Crippen molar-refractivity contribution in [2.45, 2.75) is 25.9 Å². The predicted molar refractivity (Wildman–Crippen MR) is 77.2 cm³/mol. The fourth-order valence-electron chi connectivity index (χ4n) is 2.08. The van der Waals surface area contributed by atoms with Gasteiger partial charge in [0.15, 0.2) is 0 Å². The monoisotopic (exact) mass is 271 g/mol. The highest BCUT2D eigenvalue weighted by atomic mass is 16.6. The lowest BCUT2D eigenvalue weighted by Crippen LogP contribution is -2.20. The van der Waals surface area contributed by atoms with E-state index in [9.17, 15) is 10.1 Å². The first-order valence-corrected chi connectivity index (χ1v) is 6.58. The number of benzene rings is 1. The van der Waals surface area contributed by atoms with Crippen LogP contribution in [0.1, 0.15) is 30.6 Å². The van der Waals surface area contributed by atoms with Gasteiger partial charge in [0.05, 0.1) is 10.6 Å². The number of rotatable bonds is 6. The number of nitrogens with zero attached hydrogens (tertiary/aromatic N) is 2. The highest BCUT2D eigenvalue weighted by Crippen LogP contribution is 2.21. The Morgan fingerprint density at radius 2 is 2.15 bits per heavy atom. The van der Waals surface area contributed by atoms with Crippen molar-refractivity contribution in [3.63, 3.8) is 0 Å². The van der Waals surface area contributed by atoms with Gasteiger partial charge in [-0.25, -0.2) is 0 Å². The lowest BCUT2D eigenvalue weighted by molar-refractivity contribution is -0.384. The molecule has 0 aliphatic carbocycles. The maximum atomic E-state index is 10.8. The summed E-state index contributed by atoms with van der Waals surface area (Å²) < 4.78 is 0. The molecular weight excluding hydrogens is 254 g/mol. The molecule has 0 amide bonds. The summed E-state index contributed by atoms with van der Waals surface area (Å²) in [6.07, 6.45) is 2.61. The lowest BCUT2D eigenvalue weighted by atomic mass is 10.0. The van der Waals surface area contributed by atoms with Crippen LogP contribution in [-0.2, 0) is 6.54 Å². The zero-order valence-electron chi connectivity index (χ0n) is 11.3. The molecular formula is C15H17N3O2. The number of hydrogen-bond acceptors (Lipinski definition) is 4. The Hall–Kier alpha value is -2.27. The number of pyridine rings is 1. The minimum absolute atomic E-state index is 0.0805. The standard InChI is InChI=1S/C15H17N3O2/c1-2-15(17-11-13-7-3-4-9-16-13)12-6-5-8-14(10-12)18(19)20/h3-10,15,17H,2,11H2,1H3. The third kappa shape index (κ3) is 3.61. The van der Waals surface area contributed by atoms with Crippen LogP contribution in [0.5, 0.6) is 0 Å².